The van der Waals surface area contributed by atoms with E-state index in [0.717, 1.165) is 18.4 Å². The van der Waals surface area contributed by atoms with Gasteiger partial charge in [0, 0.05) is 12.7 Å². The van der Waals surface area contributed by atoms with Crippen molar-refractivity contribution >= 4 is 23.3 Å². The zero-order chi connectivity index (χ0) is 22.3. The first-order chi connectivity index (χ1) is 14.8. The van der Waals surface area contributed by atoms with Crippen molar-refractivity contribution in [1.82, 2.24) is 4.31 Å². The van der Waals surface area contributed by atoms with Gasteiger partial charge in [-0.25, -0.2) is 8.42 Å². The van der Waals surface area contributed by atoms with Gasteiger partial charge in [-0.3, -0.25) is 4.31 Å². The third kappa shape index (κ3) is 6.18. The Morgan fingerprint density at radius 1 is 0.839 bits per heavy atom. The Balaban J connectivity index is 1.85. The first-order valence-corrected chi connectivity index (χ1v) is 15.2. The van der Waals surface area contributed by atoms with E-state index in [9.17, 15) is 8.42 Å². The van der Waals surface area contributed by atoms with Crippen LogP contribution >= 0.6 is 0 Å². The van der Waals surface area contributed by atoms with E-state index in [-0.39, 0.29) is 0 Å². The van der Waals surface area contributed by atoms with E-state index >= 15 is 0 Å². The monoisotopic (exact) mass is 449 g/mol. The number of hydrogen-bond donors (Lipinski definition) is 0. The molecular weight excluding hydrogens is 418 g/mol. The molecule has 0 fully saturated rings. The minimum atomic E-state index is -3.61. The van der Waals surface area contributed by atoms with Gasteiger partial charge in [-0.2, -0.15) is 0 Å². The van der Waals surface area contributed by atoms with Crippen molar-refractivity contribution in [3.63, 3.8) is 0 Å². The highest BCUT2D eigenvalue weighted by molar-refractivity contribution is 7.89. The summed E-state index contributed by atoms with van der Waals surface area (Å²) in [5.41, 5.74) is 4.39. The number of rotatable bonds is 9. The number of nitrogens with zero attached hydrogens (tertiary/aromatic N) is 1. The Hall–Kier alpha value is -2.63. The van der Waals surface area contributed by atoms with Crippen LogP contribution in [0.2, 0.25) is 13.1 Å². The Labute approximate surface area is 188 Å². The van der Waals surface area contributed by atoms with Gasteiger partial charge >= 0.3 is 0 Å². The Bertz CT molecular complexity index is 1090. The lowest BCUT2D eigenvalue weighted by atomic mass is 10.1. The quantitative estimate of drug-likeness (QED) is 0.416. The van der Waals surface area contributed by atoms with E-state index in [4.69, 9.17) is 0 Å². The lowest BCUT2D eigenvalue weighted by molar-refractivity contribution is 0.489. The van der Waals surface area contributed by atoms with Crippen LogP contribution in [0.3, 0.4) is 0 Å². The Morgan fingerprint density at radius 3 is 2.03 bits per heavy atom. The molecule has 0 unspecified atom stereocenters. The average Bonchev–Trinajstić information content (AvgIpc) is 2.77. The maximum absolute atomic E-state index is 13.4. The van der Waals surface area contributed by atoms with Crippen LogP contribution in [0.25, 0.3) is 0 Å². The minimum absolute atomic E-state index is 0.335. The maximum Gasteiger partial charge on any atom is 0.263 e. The molecule has 0 bridgehead atoms. The summed E-state index contributed by atoms with van der Waals surface area (Å²) in [6.45, 7) is 6.88. The molecule has 3 rings (SSSR count). The molecule has 5 heteroatoms. The second kappa shape index (κ2) is 10.1. The lowest BCUT2D eigenvalue weighted by Gasteiger charge is -2.24. The Morgan fingerprint density at radius 2 is 1.42 bits per heavy atom. The predicted molar refractivity (Wildman–Crippen MR) is 133 cm³/mol. The molecule has 0 radical (unpaired) electrons. The molecule has 0 N–H and O–H groups in total. The first kappa shape index (κ1) is 23.0. The standard InChI is InChI=1S/C26H31NO2SSi/c1-23-16-18-25(19-17-23)30(28,29)27(20-10-13-24-11-6-4-7-12-24)21-22-31(2,3)26-14-8-5-9-15-26/h4-9,11-12,14-19,21-22H,10,13,20H2,1-3H3/b22-21+. The molecule has 3 aromatic carbocycles. The summed E-state index contributed by atoms with van der Waals surface area (Å²) in [7, 11) is -5.53. The molecule has 0 aliphatic heterocycles. The summed E-state index contributed by atoms with van der Waals surface area (Å²) in [6.07, 6.45) is 3.40. The van der Waals surface area contributed by atoms with Gasteiger partial charge in [0.25, 0.3) is 10.0 Å². The molecule has 0 aromatic heterocycles. The highest BCUT2D eigenvalue weighted by Gasteiger charge is 2.24. The normalized spacial score (nSPS) is 12.2. The highest BCUT2D eigenvalue weighted by atomic mass is 32.2. The fraction of sp³-hybridized carbons (Fsp3) is 0.231. The molecule has 0 saturated heterocycles. The molecule has 0 heterocycles. The van der Waals surface area contributed by atoms with Crippen molar-refractivity contribution in [2.24, 2.45) is 0 Å². The molecule has 3 aromatic rings. The van der Waals surface area contributed by atoms with Crippen LogP contribution in [0, 0.1) is 6.92 Å². The van der Waals surface area contributed by atoms with E-state index in [1.165, 1.54) is 15.1 Å². The number of sulfonamides is 1. The molecule has 0 amide bonds. The largest absolute Gasteiger partial charge is 0.274 e. The fourth-order valence-corrected chi connectivity index (χ4v) is 6.68. The molecule has 0 saturated carbocycles. The maximum atomic E-state index is 13.4. The topological polar surface area (TPSA) is 37.4 Å². The second-order valence-electron chi connectivity index (χ2n) is 8.42. The van der Waals surface area contributed by atoms with Crippen molar-refractivity contribution in [1.29, 1.82) is 0 Å². The predicted octanol–water partition coefficient (Wildman–Crippen LogP) is 5.29. The molecule has 0 aliphatic rings. The molecule has 0 aliphatic carbocycles. The summed E-state index contributed by atoms with van der Waals surface area (Å²) in [5, 5.41) is 1.28. The van der Waals surface area contributed by atoms with E-state index < -0.39 is 18.1 Å². The minimum Gasteiger partial charge on any atom is -0.274 e. The van der Waals surface area contributed by atoms with Crippen molar-refractivity contribution in [3.8, 4) is 0 Å². The van der Waals surface area contributed by atoms with Crippen LogP contribution in [-0.4, -0.2) is 27.3 Å². The van der Waals surface area contributed by atoms with Crippen LogP contribution in [-0.2, 0) is 16.4 Å². The van der Waals surface area contributed by atoms with Gasteiger partial charge in [0.2, 0.25) is 0 Å². The van der Waals surface area contributed by atoms with Crippen molar-refractivity contribution in [2.45, 2.75) is 37.8 Å². The van der Waals surface area contributed by atoms with Crippen molar-refractivity contribution in [2.75, 3.05) is 6.54 Å². The van der Waals surface area contributed by atoms with E-state index in [2.05, 4.69) is 43.1 Å². The smallest absolute Gasteiger partial charge is 0.263 e. The van der Waals surface area contributed by atoms with E-state index in [1.54, 1.807) is 18.3 Å². The van der Waals surface area contributed by atoms with E-state index in [1.807, 2.05) is 55.5 Å². The Kier molecular flexibility index (Phi) is 7.52. The van der Waals surface area contributed by atoms with Crippen LogP contribution in [0.15, 0.2) is 102 Å². The van der Waals surface area contributed by atoms with Gasteiger partial charge in [0.05, 0.1) is 4.90 Å². The van der Waals surface area contributed by atoms with Gasteiger partial charge in [-0.05, 0) is 37.5 Å². The van der Waals surface area contributed by atoms with Gasteiger partial charge < -0.3 is 0 Å². The third-order valence-corrected chi connectivity index (χ3v) is 10.1. The first-order valence-electron chi connectivity index (χ1n) is 10.7. The highest BCUT2D eigenvalue weighted by Crippen LogP contribution is 2.19. The molecule has 162 valence electrons. The summed E-state index contributed by atoms with van der Waals surface area (Å²) in [5.74, 6) is 0. The van der Waals surface area contributed by atoms with Crippen LogP contribution in [0.5, 0.6) is 0 Å². The summed E-state index contributed by atoms with van der Waals surface area (Å²) in [4.78, 5) is 0.335. The molecule has 3 nitrogen and oxygen atoms in total. The zero-order valence-corrected chi connectivity index (χ0v) is 20.3. The number of benzene rings is 3. The molecule has 31 heavy (non-hydrogen) atoms. The van der Waals surface area contributed by atoms with Gasteiger partial charge in [-0.1, -0.05) is 102 Å². The second-order valence-corrected chi connectivity index (χ2v) is 14.7. The lowest BCUT2D eigenvalue weighted by Crippen LogP contribution is -2.40. The SMILES string of the molecule is Cc1ccc(S(=O)(=O)N(/C=C/[Si](C)(C)c2ccccc2)CCCc2ccccc2)cc1. The summed E-state index contributed by atoms with van der Waals surface area (Å²) < 4.78 is 28.4. The van der Waals surface area contributed by atoms with Crippen LogP contribution in [0.1, 0.15) is 17.5 Å². The van der Waals surface area contributed by atoms with Crippen LogP contribution in [0.4, 0.5) is 0 Å². The molecule has 0 spiro atoms. The molecule has 0 atom stereocenters. The van der Waals surface area contributed by atoms with Gasteiger partial charge in [-0.15, -0.1) is 0 Å². The summed E-state index contributed by atoms with van der Waals surface area (Å²) >= 11 is 0. The van der Waals surface area contributed by atoms with Crippen molar-refractivity contribution < 1.29 is 8.42 Å². The van der Waals surface area contributed by atoms with Crippen LogP contribution < -0.4 is 5.19 Å². The fourth-order valence-electron chi connectivity index (χ4n) is 3.44. The zero-order valence-electron chi connectivity index (χ0n) is 18.5. The molecular formula is C26H31NO2SSi. The summed E-state index contributed by atoms with van der Waals surface area (Å²) in [6, 6.07) is 27.6. The number of hydrogen-bond acceptors (Lipinski definition) is 2. The van der Waals surface area contributed by atoms with Gasteiger partial charge in [0.1, 0.15) is 8.07 Å². The van der Waals surface area contributed by atoms with E-state index in [0.29, 0.717) is 11.4 Å². The van der Waals surface area contributed by atoms with Gasteiger partial charge in [0.15, 0.2) is 0 Å². The van der Waals surface area contributed by atoms with Crippen molar-refractivity contribution in [3.05, 3.63) is 108 Å². The number of aryl methyl sites for hydroxylation is 2. The third-order valence-electron chi connectivity index (χ3n) is 5.49. The average molecular weight is 450 g/mol.